The van der Waals surface area contributed by atoms with Gasteiger partial charge in [0.25, 0.3) is 0 Å². The first-order valence-corrected chi connectivity index (χ1v) is 8.41. The van der Waals surface area contributed by atoms with Gasteiger partial charge in [-0.05, 0) is 36.2 Å². The molecule has 3 aromatic rings. The minimum atomic E-state index is -0.304. The van der Waals surface area contributed by atoms with Gasteiger partial charge in [0.2, 0.25) is 0 Å². The highest BCUT2D eigenvalue weighted by Gasteiger charge is 2.14. The molecule has 0 bridgehead atoms. The van der Waals surface area contributed by atoms with Crippen molar-refractivity contribution in [3.8, 4) is 0 Å². The van der Waals surface area contributed by atoms with Crippen LogP contribution in [0.4, 0.5) is 5.69 Å². The molecule has 0 aliphatic rings. The predicted octanol–water partition coefficient (Wildman–Crippen LogP) is 5.06. The summed E-state index contributed by atoms with van der Waals surface area (Å²) in [7, 11) is 0. The summed E-state index contributed by atoms with van der Waals surface area (Å²) >= 11 is 0. The molecule has 0 fully saturated rings. The maximum absolute atomic E-state index is 12.0. The van der Waals surface area contributed by atoms with Crippen LogP contribution in [0.3, 0.4) is 0 Å². The topological polar surface area (TPSA) is 38.3 Å². The Bertz CT molecular complexity index is 776. The van der Waals surface area contributed by atoms with Gasteiger partial charge in [0, 0.05) is 5.69 Å². The van der Waals surface area contributed by atoms with Gasteiger partial charge in [-0.25, -0.2) is 4.79 Å². The number of hydrogen-bond donors (Lipinski definition) is 1. The van der Waals surface area contributed by atoms with E-state index in [-0.39, 0.29) is 12.0 Å². The van der Waals surface area contributed by atoms with Crippen LogP contribution in [0.2, 0.25) is 0 Å². The van der Waals surface area contributed by atoms with Crippen LogP contribution in [0.25, 0.3) is 0 Å². The normalized spacial score (nSPS) is 10.5. The first-order valence-electron chi connectivity index (χ1n) is 8.41. The van der Waals surface area contributed by atoms with E-state index in [4.69, 9.17) is 4.74 Å². The highest BCUT2D eigenvalue weighted by molar-refractivity contribution is 5.90. The van der Waals surface area contributed by atoms with Crippen LogP contribution >= 0.6 is 0 Å². The standard InChI is InChI=1S/C22H21NO2/c1-2-25-22(24)19-14-9-15-20(16-19)23-21(17-10-5-3-6-11-17)18-12-7-4-8-13-18/h3-16,21,23H,2H2,1H3. The van der Waals surface area contributed by atoms with Crippen molar-refractivity contribution in [2.75, 3.05) is 11.9 Å². The third kappa shape index (κ3) is 4.27. The van der Waals surface area contributed by atoms with Gasteiger partial charge in [-0.1, -0.05) is 66.7 Å². The number of esters is 1. The van der Waals surface area contributed by atoms with Crippen molar-refractivity contribution in [2.45, 2.75) is 13.0 Å². The number of benzene rings is 3. The lowest BCUT2D eigenvalue weighted by Gasteiger charge is -2.21. The van der Waals surface area contributed by atoms with Crippen LogP contribution in [-0.2, 0) is 4.74 Å². The van der Waals surface area contributed by atoms with Crippen molar-refractivity contribution >= 4 is 11.7 Å². The number of ether oxygens (including phenoxy) is 1. The first-order chi connectivity index (χ1) is 12.3. The molecular weight excluding hydrogens is 310 g/mol. The smallest absolute Gasteiger partial charge is 0.338 e. The van der Waals surface area contributed by atoms with Gasteiger partial charge in [-0.15, -0.1) is 0 Å². The minimum absolute atomic E-state index is 0.000143. The molecule has 3 rings (SSSR count). The first kappa shape index (κ1) is 16.8. The summed E-state index contributed by atoms with van der Waals surface area (Å²) < 4.78 is 5.09. The summed E-state index contributed by atoms with van der Waals surface area (Å²) in [6.45, 7) is 2.17. The quantitative estimate of drug-likeness (QED) is 0.641. The Kier molecular flexibility index (Phi) is 5.47. The van der Waals surface area contributed by atoms with Crippen molar-refractivity contribution in [2.24, 2.45) is 0 Å². The predicted molar refractivity (Wildman–Crippen MR) is 101 cm³/mol. The molecule has 1 N–H and O–H groups in total. The molecule has 126 valence electrons. The van der Waals surface area contributed by atoms with Gasteiger partial charge in [0.1, 0.15) is 0 Å². The van der Waals surface area contributed by atoms with Crippen LogP contribution in [0.1, 0.15) is 34.5 Å². The molecule has 3 aromatic carbocycles. The Morgan fingerprint density at radius 2 is 1.48 bits per heavy atom. The Balaban J connectivity index is 1.91. The lowest BCUT2D eigenvalue weighted by molar-refractivity contribution is 0.0526. The molecule has 0 heterocycles. The van der Waals surface area contributed by atoms with Crippen molar-refractivity contribution in [1.82, 2.24) is 0 Å². The Morgan fingerprint density at radius 3 is 2.04 bits per heavy atom. The van der Waals surface area contributed by atoms with Gasteiger partial charge in [-0.3, -0.25) is 0 Å². The summed E-state index contributed by atoms with van der Waals surface area (Å²) in [5.74, 6) is -0.304. The van der Waals surface area contributed by atoms with E-state index in [1.54, 1.807) is 13.0 Å². The van der Waals surface area contributed by atoms with Crippen LogP contribution in [0.5, 0.6) is 0 Å². The van der Waals surface area contributed by atoms with Crippen LogP contribution in [-0.4, -0.2) is 12.6 Å². The molecular formula is C22H21NO2. The van der Waals surface area contributed by atoms with Gasteiger partial charge < -0.3 is 10.1 Å². The van der Waals surface area contributed by atoms with E-state index in [2.05, 4.69) is 29.6 Å². The average molecular weight is 331 g/mol. The second-order valence-corrected chi connectivity index (χ2v) is 5.70. The Hall–Kier alpha value is -3.07. The van der Waals surface area contributed by atoms with E-state index >= 15 is 0 Å². The summed E-state index contributed by atoms with van der Waals surface area (Å²) in [5.41, 5.74) is 3.75. The van der Waals surface area contributed by atoms with Gasteiger partial charge >= 0.3 is 5.97 Å². The molecule has 0 aromatic heterocycles. The van der Waals surface area contributed by atoms with Crippen molar-refractivity contribution in [1.29, 1.82) is 0 Å². The second-order valence-electron chi connectivity index (χ2n) is 5.70. The molecule has 3 heteroatoms. The van der Waals surface area contributed by atoms with E-state index in [9.17, 15) is 4.79 Å². The molecule has 0 amide bonds. The molecule has 0 aliphatic heterocycles. The van der Waals surface area contributed by atoms with Gasteiger partial charge in [-0.2, -0.15) is 0 Å². The van der Waals surface area contributed by atoms with E-state index in [0.29, 0.717) is 12.2 Å². The fourth-order valence-corrected chi connectivity index (χ4v) is 2.77. The van der Waals surface area contributed by atoms with E-state index in [1.165, 1.54) is 0 Å². The number of nitrogens with one attached hydrogen (secondary N) is 1. The number of anilines is 1. The fraction of sp³-hybridized carbons (Fsp3) is 0.136. The molecule has 0 saturated carbocycles. The molecule has 0 saturated heterocycles. The number of carbonyl (C=O) groups is 1. The maximum Gasteiger partial charge on any atom is 0.338 e. The molecule has 25 heavy (non-hydrogen) atoms. The van der Waals surface area contributed by atoms with E-state index in [0.717, 1.165) is 16.8 Å². The zero-order chi connectivity index (χ0) is 17.5. The van der Waals surface area contributed by atoms with E-state index < -0.39 is 0 Å². The van der Waals surface area contributed by atoms with Gasteiger partial charge in [0.15, 0.2) is 0 Å². The van der Waals surface area contributed by atoms with Crippen LogP contribution < -0.4 is 5.32 Å². The molecule has 0 radical (unpaired) electrons. The molecule has 3 nitrogen and oxygen atoms in total. The van der Waals surface area contributed by atoms with Crippen molar-refractivity contribution in [3.63, 3.8) is 0 Å². The molecule has 0 unspecified atom stereocenters. The SMILES string of the molecule is CCOC(=O)c1cccc(NC(c2ccccc2)c2ccccc2)c1. The molecule has 0 aliphatic carbocycles. The van der Waals surface area contributed by atoms with Crippen molar-refractivity contribution in [3.05, 3.63) is 102 Å². The van der Waals surface area contributed by atoms with E-state index in [1.807, 2.05) is 54.6 Å². The summed E-state index contributed by atoms with van der Waals surface area (Å²) in [5, 5.41) is 3.54. The molecule has 0 atom stereocenters. The lowest BCUT2D eigenvalue weighted by atomic mass is 9.98. The Labute approximate surface area is 148 Å². The monoisotopic (exact) mass is 331 g/mol. The zero-order valence-corrected chi connectivity index (χ0v) is 14.2. The summed E-state index contributed by atoms with van der Waals surface area (Å²) in [6, 6.07) is 27.9. The highest BCUT2D eigenvalue weighted by atomic mass is 16.5. The third-order valence-corrected chi connectivity index (χ3v) is 3.95. The minimum Gasteiger partial charge on any atom is -0.462 e. The lowest BCUT2D eigenvalue weighted by Crippen LogP contribution is -2.13. The fourth-order valence-electron chi connectivity index (χ4n) is 2.77. The van der Waals surface area contributed by atoms with Crippen LogP contribution in [0.15, 0.2) is 84.9 Å². The Morgan fingerprint density at radius 1 is 0.880 bits per heavy atom. The number of rotatable bonds is 6. The highest BCUT2D eigenvalue weighted by Crippen LogP contribution is 2.27. The largest absolute Gasteiger partial charge is 0.462 e. The summed E-state index contributed by atoms with van der Waals surface area (Å²) in [6.07, 6.45) is 0. The number of hydrogen-bond acceptors (Lipinski definition) is 3. The number of carbonyl (C=O) groups excluding carboxylic acids is 1. The van der Waals surface area contributed by atoms with Crippen molar-refractivity contribution < 1.29 is 9.53 Å². The third-order valence-electron chi connectivity index (χ3n) is 3.95. The zero-order valence-electron chi connectivity index (χ0n) is 14.2. The summed E-state index contributed by atoms with van der Waals surface area (Å²) in [4.78, 5) is 12.0. The average Bonchev–Trinajstić information content (AvgIpc) is 2.68. The maximum atomic E-state index is 12.0. The van der Waals surface area contributed by atoms with Gasteiger partial charge in [0.05, 0.1) is 18.2 Å². The molecule has 0 spiro atoms. The van der Waals surface area contributed by atoms with Crippen LogP contribution in [0, 0.1) is 0 Å². The second kappa shape index (κ2) is 8.15.